The summed E-state index contributed by atoms with van der Waals surface area (Å²) in [5.74, 6) is -3.40. The minimum Gasteiger partial charge on any atom is -0.390 e. The number of alkyl halides is 5. The first-order chi connectivity index (χ1) is 7.24. The van der Waals surface area contributed by atoms with Crippen LogP contribution in [-0.4, -0.2) is 17.6 Å². The third-order valence-corrected chi connectivity index (χ3v) is 1.95. The smallest absolute Gasteiger partial charge is 0.390 e. The van der Waals surface area contributed by atoms with Crippen molar-refractivity contribution in [3.8, 4) is 0 Å². The molecule has 0 aromatic heterocycles. The Kier molecular flexibility index (Phi) is 3.52. The summed E-state index contributed by atoms with van der Waals surface area (Å²) in [5.41, 5.74) is -1.13. The molecular weight excluding hydrogens is 231 g/mol. The molecule has 0 atom stereocenters. The summed E-state index contributed by atoms with van der Waals surface area (Å²) in [4.78, 5) is 0. The van der Waals surface area contributed by atoms with Crippen LogP contribution >= 0.6 is 0 Å². The van der Waals surface area contributed by atoms with Crippen molar-refractivity contribution >= 4 is 0 Å². The lowest BCUT2D eigenvalue weighted by Gasteiger charge is -2.14. The molecule has 0 aliphatic heterocycles. The Labute approximate surface area is 88.5 Å². The number of halogens is 5. The van der Waals surface area contributed by atoms with Crippen LogP contribution in [0, 0.1) is 0 Å². The predicted octanol–water partition coefficient (Wildman–Crippen LogP) is 2.88. The average Bonchev–Trinajstić information content (AvgIpc) is 2.16. The van der Waals surface area contributed by atoms with Crippen molar-refractivity contribution in [2.75, 3.05) is 6.61 Å². The van der Waals surface area contributed by atoms with Crippen LogP contribution < -0.4 is 0 Å². The second-order valence-corrected chi connectivity index (χ2v) is 3.39. The zero-order valence-corrected chi connectivity index (χ0v) is 8.06. The first-order valence-electron chi connectivity index (χ1n) is 4.39. The molecule has 0 spiro atoms. The number of rotatable bonds is 3. The van der Waals surface area contributed by atoms with Gasteiger partial charge in [-0.2, -0.15) is 13.2 Å². The van der Waals surface area contributed by atoms with Crippen LogP contribution in [-0.2, 0) is 12.6 Å². The maximum absolute atomic E-state index is 12.7. The maximum Gasteiger partial charge on any atom is 0.416 e. The molecule has 1 aromatic rings. The first-order valence-corrected chi connectivity index (χ1v) is 4.39. The van der Waals surface area contributed by atoms with Gasteiger partial charge in [-0.3, -0.25) is 0 Å². The lowest BCUT2D eigenvalue weighted by Crippen LogP contribution is -2.24. The highest BCUT2D eigenvalue weighted by atomic mass is 19.4. The highest BCUT2D eigenvalue weighted by Crippen LogP contribution is 2.30. The molecule has 0 fully saturated rings. The zero-order valence-electron chi connectivity index (χ0n) is 8.06. The van der Waals surface area contributed by atoms with Gasteiger partial charge < -0.3 is 5.11 Å². The molecule has 1 rings (SSSR count). The maximum atomic E-state index is 12.7. The second kappa shape index (κ2) is 4.37. The van der Waals surface area contributed by atoms with Crippen LogP contribution in [0.2, 0.25) is 0 Å². The molecule has 0 heterocycles. The lowest BCUT2D eigenvalue weighted by atomic mass is 10.0. The summed E-state index contributed by atoms with van der Waals surface area (Å²) < 4.78 is 62.2. The molecule has 16 heavy (non-hydrogen) atoms. The van der Waals surface area contributed by atoms with Crippen molar-refractivity contribution in [3.05, 3.63) is 35.4 Å². The van der Waals surface area contributed by atoms with Gasteiger partial charge in [0.1, 0.15) is 6.61 Å². The fourth-order valence-electron chi connectivity index (χ4n) is 1.21. The summed E-state index contributed by atoms with van der Waals surface area (Å²) in [7, 11) is 0. The van der Waals surface area contributed by atoms with E-state index in [4.69, 9.17) is 5.11 Å². The molecule has 0 aliphatic rings. The van der Waals surface area contributed by atoms with Crippen LogP contribution in [0.3, 0.4) is 0 Å². The summed E-state index contributed by atoms with van der Waals surface area (Å²) in [6, 6.07) is 3.69. The predicted molar refractivity (Wildman–Crippen MR) is 47.2 cm³/mol. The molecule has 0 bridgehead atoms. The van der Waals surface area contributed by atoms with Crippen LogP contribution in [0.15, 0.2) is 24.3 Å². The van der Waals surface area contributed by atoms with E-state index < -0.39 is 30.7 Å². The number of hydrogen-bond acceptors (Lipinski definition) is 1. The van der Waals surface area contributed by atoms with E-state index in [2.05, 4.69) is 0 Å². The molecule has 0 unspecified atom stereocenters. The third-order valence-electron chi connectivity index (χ3n) is 1.95. The topological polar surface area (TPSA) is 20.2 Å². The zero-order chi connectivity index (χ0) is 12.4. The van der Waals surface area contributed by atoms with Crippen LogP contribution in [0.5, 0.6) is 0 Å². The molecule has 0 amide bonds. The molecule has 6 heteroatoms. The number of hydrogen-bond donors (Lipinski definition) is 1. The van der Waals surface area contributed by atoms with E-state index in [1.54, 1.807) is 0 Å². The van der Waals surface area contributed by atoms with Crippen molar-refractivity contribution in [1.82, 2.24) is 0 Å². The summed E-state index contributed by atoms with van der Waals surface area (Å²) >= 11 is 0. The van der Waals surface area contributed by atoms with Gasteiger partial charge in [-0.05, 0) is 11.6 Å². The Hall–Kier alpha value is -1.17. The van der Waals surface area contributed by atoms with Gasteiger partial charge in [-0.15, -0.1) is 0 Å². The molecule has 0 saturated heterocycles. The quantitative estimate of drug-likeness (QED) is 0.805. The monoisotopic (exact) mass is 240 g/mol. The van der Waals surface area contributed by atoms with Gasteiger partial charge in [0.05, 0.1) is 5.56 Å². The average molecular weight is 240 g/mol. The lowest BCUT2D eigenvalue weighted by molar-refractivity contribution is -0.137. The highest BCUT2D eigenvalue weighted by molar-refractivity contribution is 5.26. The molecule has 1 nitrogen and oxygen atoms in total. The van der Waals surface area contributed by atoms with Crippen LogP contribution in [0.4, 0.5) is 22.0 Å². The SMILES string of the molecule is OCC(F)(F)Cc1cccc(C(F)(F)F)c1. The fraction of sp³-hybridized carbons (Fsp3) is 0.400. The third kappa shape index (κ3) is 3.44. The molecule has 90 valence electrons. The van der Waals surface area contributed by atoms with Crippen molar-refractivity contribution in [1.29, 1.82) is 0 Å². The highest BCUT2D eigenvalue weighted by Gasteiger charge is 2.32. The molecule has 1 N–H and O–H groups in total. The van der Waals surface area contributed by atoms with Gasteiger partial charge in [0.2, 0.25) is 0 Å². The van der Waals surface area contributed by atoms with E-state index in [-0.39, 0.29) is 5.56 Å². The van der Waals surface area contributed by atoms with Gasteiger partial charge in [0.15, 0.2) is 0 Å². The summed E-state index contributed by atoms with van der Waals surface area (Å²) in [6.07, 6.45) is -5.46. The Bertz CT molecular complexity index is 358. The van der Waals surface area contributed by atoms with E-state index in [0.717, 1.165) is 12.1 Å². The van der Waals surface area contributed by atoms with Gasteiger partial charge in [0.25, 0.3) is 5.92 Å². The van der Waals surface area contributed by atoms with Crippen molar-refractivity contribution in [3.63, 3.8) is 0 Å². The minimum absolute atomic E-state index is 0.158. The van der Waals surface area contributed by atoms with E-state index in [0.29, 0.717) is 6.07 Å². The Morgan fingerprint density at radius 1 is 1.06 bits per heavy atom. The van der Waals surface area contributed by atoms with E-state index in [9.17, 15) is 22.0 Å². The van der Waals surface area contributed by atoms with Gasteiger partial charge in [0, 0.05) is 6.42 Å². The Morgan fingerprint density at radius 2 is 1.69 bits per heavy atom. The number of aliphatic hydroxyl groups excluding tert-OH is 1. The molecule has 1 aromatic carbocycles. The van der Waals surface area contributed by atoms with Gasteiger partial charge >= 0.3 is 6.18 Å². The minimum atomic E-state index is -4.55. The number of benzene rings is 1. The summed E-state index contributed by atoms with van der Waals surface area (Å²) in [6.45, 7) is -1.39. The van der Waals surface area contributed by atoms with Gasteiger partial charge in [-0.25, -0.2) is 8.78 Å². The molecular formula is C10H9F5O. The standard InChI is InChI=1S/C10H9F5O/c11-9(12,6-16)5-7-2-1-3-8(4-7)10(13,14)15/h1-4,16H,5-6H2. The largest absolute Gasteiger partial charge is 0.416 e. The van der Waals surface area contributed by atoms with Crippen LogP contribution in [0.1, 0.15) is 11.1 Å². The Balaban J connectivity index is 2.92. The molecule has 0 saturated carbocycles. The second-order valence-electron chi connectivity index (χ2n) is 3.39. The first kappa shape index (κ1) is 12.9. The van der Waals surface area contributed by atoms with Crippen molar-refractivity contribution in [2.45, 2.75) is 18.5 Å². The van der Waals surface area contributed by atoms with E-state index in [1.165, 1.54) is 6.07 Å². The number of aliphatic hydroxyl groups is 1. The fourth-order valence-corrected chi connectivity index (χ4v) is 1.21. The van der Waals surface area contributed by atoms with E-state index in [1.807, 2.05) is 0 Å². The normalized spacial score (nSPS) is 12.9. The summed E-state index contributed by atoms with van der Waals surface area (Å²) in [5, 5.41) is 8.31. The van der Waals surface area contributed by atoms with Crippen molar-refractivity contribution < 1.29 is 27.1 Å². The van der Waals surface area contributed by atoms with E-state index >= 15 is 0 Å². The molecule has 0 radical (unpaired) electrons. The van der Waals surface area contributed by atoms with Gasteiger partial charge in [-0.1, -0.05) is 18.2 Å². The molecule has 0 aliphatic carbocycles. The van der Waals surface area contributed by atoms with Crippen LogP contribution in [0.25, 0.3) is 0 Å². The van der Waals surface area contributed by atoms with Crippen molar-refractivity contribution in [2.24, 2.45) is 0 Å². The Morgan fingerprint density at radius 3 is 2.19 bits per heavy atom.